The lowest BCUT2D eigenvalue weighted by Gasteiger charge is -2.32. The number of nitrogens with zero attached hydrogens (tertiary/aromatic N) is 6. The highest BCUT2D eigenvalue weighted by Crippen LogP contribution is 2.21. The summed E-state index contributed by atoms with van der Waals surface area (Å²) in [5.74, 6) is 1.61. The Morgan fingerprint density at radius 3 is 2.40 bits per heavy atom. The molecule has 0 bridgehead atoms. The molecule has 2 fully saturated rings. The number of amides is 1. The summed E-state index contributed by atoms with van der Waals surface area (Å²) < 4.78 is 2.20. The minimum Gasteiger partial charge on any atom is -0.339 e. The van der Waals surface area contributed by atoms with Crippen LogP contribution in [0.15, 0.2) is 35.5 Å². The molecule has 1 aromatic carbocycles. The number of carbonyl (C=O) groups excluding carboxylic acids is 1. The van der Waals surface area contributed by atoms with Gasteiger partial charge in [0.15, 0.2) is 5.16 Å². The third-order valence-electron chi connectivity index (χ3n) is 5.97. The van der Waals surface area contributed by atoms with Gasteiger partial charge in [0.25, 0.3) is 0 Å². The first-order chi connectivity index (χ1) is 14.7. The predicted molar refractivity (Wildman–Crippen MR) is 119 cm³/mol. The topological polar surface area (TPSA) is 57.5 Å². The van der Waals surface area contributed by atoms with Crippen molar-refractivity contribution in [3.63, 3.8) is 0 Å². The van der Waals surface area contributed by atoms with E-state index < -0.39 is 0 Å². The van der Waals surface area contributed by atoms with Gasteiger partial charge in [-0.15, -0.1) is 10.2 Å². The largest absolute Gasteiger partial charge is 0.339 e. The van der Waals surface area contributed by atoms with E-state index in [1.807, 2.05) is 11.0 Å². The molecule has 2 aromatic rings. The Hall–Kier alpha value is -1.90. The molecule has 2 saturated heterocycles. The summed E-state index contributed by atoms with van der Waals surface area (Å²) >= 11 is 1.52. The number of rotatable bonds is 7. The molecule has 0 saturated carbocycles. The molecule has 2 aliphatic heterocycles. The van der Waals surface area contributed by atoms with E-state index >= 15 is 0 Å². The molecule has 7 nitrogen and oxygen atoms in total. The van der Waals surface area contributed by atoms with Crippen LogP contribution in [0.3, 0.4) is 0 Å². The molecule has 1 aromatic heterocycles. The van der Waals surface area contributed by atoms with Gasteiger partial charge >= 0.3 is 0 Å². The highest BCUT2D eigenvalue weighted by atomic mass is 32.2. The summed E-state index contributed by atoms with van der Waals surface area (Å²) in [5.41, 5.74) is 1.23. The fraction of sp³-hybridized carbons (Fsp3) is 0.591. The number of hydrogen-bond acceptors (Lipinski definition) is 6. The van der Waals surface area contributed by atoms with Crippen LogP contribution < -0.4 is 0 Å². The highest BCUT2D eigenvalue weighted by Gasteiger charge is 2.22. The first-order valence-electron chi connectivity index (χ1n) is 11.0. The molecule has 3 heterocycles. The molecule has 0 N–H and O–H groups in total. The number of likely N-dealkylation sites (N-methyl/N-ethyl adjacent to an activating group) is 1. The number of aromatic nitrogens is 3. The molecular weight excluding hydrogens is 396 g/mol. The third-order valence-corrected chi connectivity index (χ3v) is 6.92. The molecule has 1 amide bonds. The van der Waals surface area contributed by atoms with Gasteiger partial charge in [-0.1, -0.05) is 48.5 Å². The smallest absolute Gasteiger partial charge is 0.233 e. The van der Waals surface area contributed by atoms with E-state index in [0.29, 0.717) is 5.75 Å². The Morgan fingerprint density at radius 2 is 1.67 bits per heavy atom. The van der Waals surface area contributed by atoms with E-state index in [1.54, 1.807) is 0 Å². The van der Waals surface area contributed by atoms with Gasteiger partial charge < -0.3 is 14.4 Å². The van der Waals surface area contributed by atoms with Gasteiger partial charge in [-0.2, -0.15) is 0 Å². The molecule has 0 unspecified atom stereocenters. The second-order valence-corrected chi connectivity index (χ2v) is 9.22. The predicted octanol–water partition coefficient (Wildman–Crippen LogP) is 2.18. The van der Waals surface area contributed by atoms with Gasteiger partial charge in [0, 0.05) is 26.2 Å². The average molecular weight is 429 g/mol. The Balaban J connectivity index is 1.45. The van der Waals surface area contributed by atoms with Gasteiger partial charge in [-0.25, -0.2) is 0 Å². The van der Waals surface area contributed by atoms with E-state index in [0.717, 1.165) is 63.3 Å². The summed E-state index contributed by atoms with van der Waals surface area (Å²) in [7, 11) is 2.10. The van der Waals surface area contributed by atoms with Crippen LogP contribution in [-0.4, -0.2) is 87.4 Å². The van der Waals surface area contributed by atoms with Crippen LogP contribution in [0.4, 0.5) is 0 Å². The van der Waals surface area contributed by atoms with Crippen molar-refractivity contribution in [2.45, 2.75) is 37.5 Å². The van der Waals surface area contributed by atoms with Crippen LogP contribution in [0.1, 0.15) is 30.7 Å². The zero-order chi connectivity index (χ0) is 20.8. The van der Waals surface area contributed by atoms with Crippen molar-refractivity contribution in [2.75, 3.05) is 52.1 Å². The first kappa shape index (κ1) is 21.3. The van der Waals surface area contributed by atoms with Crippen molar-refractivity contribution < 1.29 is 4.79 Å². The quantitative estimate of drug-likeness (QED) is 0.630. The van der Waals surface area contributed by atoms with Crippen LogP contribution in [0.5, 0.6) is 0 Å². The van der Waals surface area contributed by atoms with Crippen molar-refractivity contribution >= 4 is 17.7 Å². The number of piperidine rings is 1. The zero-order valence-corrected chi connectivity index (χ0v) is 18.7. The third kappa shape index (κ3) is 5.62. The summed E-state index contributed by atoms with van der Waals surface area (Å²) in [6, 6.07) is 10.4. The van der Waals surface area contributed by atoms with E-state index in [9.17, 15) is 4.79 Å². The van der Waals surface area contributed by atoms with Gasteiger partial charge in [0.1, 0.15) is 5.82 Å². The Labute approximate surface area is 183 Å². The fourth-order valence-corrected chi connectivity index (χ4v) is 4.92. The number of benzene rings is 1. The molecule has 8 heteroatoms. The van der Waals surface area contributed by atoms with E-state index in [2.05, 4.69) is 55.9 Å². The number of likely N-dealkylation sites (tertiary alicyclic amines) is 1. The Bertz CT molecular complexity index is 812. The van der Waals surface area contributed by atoms with E-state index in [4.69, 9.17) is 0 Å². The molecule has 0 spiro atoms. The molecule has 30 heavy (non-hydrogen) atoms. The molecule has 4 rings (SSSR count). The average Bonchev–Trinajstić information content (AvgIpc) is 3.15. The molecule has 0 aliphatic carbocycles. The maximum atomic E-state index is 12.7. The summed E-state index contributed by atoms with van der Waals surface area (Å²) in [6.07, 6.45) is 3.84. The minimum absolute atomic E-state index is 0.194. The van der Waals surface area contributed by atoms with Crippen molar-refractivity contribution in [2.24, 2.45) is 0 Å². The molecule has 2 aliphatic rings. The highest BCUT2D eigenvalue weighted by molar-refractivity contribution is 7.99. The van der Waals surface area contributed by atoms with Gasteiger partial charge in [-0.3, -0.25) is 9.69 Å². The summed E-state index contributed by atoms with van der Waals surface area (Å²) in [4.78, 5) is 19.4. The van der Waals surface area contributed by atoms with Crippen molar-refractivity contribution in [3.8, 4) is 0 Å². The Morgan fingerprint density at radius 1 is 0.933 bits per heavy atom. The van der Waals surface area contributed by atoms with Gasteiger partial charge in [-0.05, 0) is 38.5 Å². The van der Waals surface area contributed by atoms with Crippen LogP contribution in [0.2, 0.25) is 0 Å². The standard InChI is InChI=1S/C22H32N6OS/c1-25-12-14-27(15-13-25)21(29)18-30-22-24-23-20(17-26-10-6-3-7-11-26)28(22)16-19-8-4-2-5-9-19/h2,4-5,8-9H,3,6-7,10-18H2,1H3. The van der Waals surface area contributed by atoms with E-state index in [-0.39, 0.29) is 5.91 Å². The normalized spacial score (nSPS) is 18.6. The number of thioether (sulfide) groups is 1. The second-order valence-electron chi connectivity index (χ2n) is 8.28. The monoisotopic (exact) mass is 428 g/mol. The number of carbonyl (C=O) groups is 1. The molecular formula is C22H32N6OS. The van der Waals surface area contributed by atoms with Crippen molar-refractivity contribution in [1.29, 1.82) is 0 Å². The van der Waals surface area contributed by atoms with Crippen molar-refractivity contribution in [1.82, 2.24) is 29.5 Å². The van der Waals surface area contributed by atoms with Gasteiger partial charge in [0.05, 0.1) is 18.8 Å². The lowest BCUT2D eigenvalue weighted by molar-refractivity contribution is -0.129. The molecule has 0 radical (unpaired) electrons. The van der Waals surface area contributed by atoms with Crippen LogP contribution in [0.25, 0.3) is 0 Å². The minimum atomic E-state index is 0.194. The lowest BCUT2D eigenvalue weighted by atomic mass is 10.1. The maximum absolute atomic E-state index is 12.7. The molecule has 0 atom stereocenters. The second kappa shape index (κ2) is 10.4. The SMILES string of the molecule is CN1CCN(C(=O)CSc2nnc(CN3CCCCC3)n2Cc2ccccc2)CC1. The van der Waals surface area contributed by atoms with Crippen LogP contribution >= 0.6 is 11.8 Å². The van der Waals surface area contributed by atoms with Crippen LogP contribution in [-0.2, 0) is 17.9 Å². The Kier molecular flexibility index (Phi) is 7.41. The fourth-order valence-electron chi connectivity index (χ4n) is 4.06. The number of piperazine rings is 1. The lowest BCUT2D eigenvalue weighted by Crippen LogP contribution is -2.47. The summed E-state index contributed by atoms with van der Waals surface area (Å²) in [5, 5.41) is 9.84. The van der Waals surface area contributed by atoms with Crippen LogP contribution in [0, 0.1) is 0 Å². The zero-order valence-electron chi connectivity index (χ0n) is 17.9. The van der Waals surface area contributed by atoms with Gasteiger partial charge in [0.2, 0.25) is 5.91 Å². The maximum Gasteiger partial charge on any atom is 0.233 e. The van der Waals surface area contributed by atoms with E-state index in [1.165, 1.54) is 36.6 Å². The number of hydrogen-bond donors (Lipinski definition) is 0. The van der Waals surface area contributed by atoms with Crippen molar-refractivity contribution in [3.05, 3.63) is 41.7 Å². The summed E-state index contributed by atoms with van der Waals surface area (Å²) in [6.45, 7) is 7.33. The molecule has 162 valence electrons. The first-order valence-corrected chi connectivity index (χ1v) is 11.9.